The van der Waals surface area contributed by atoms with Gasteiger partial charge in [-0.05, 0) is 18.9 Å². The topological polar surface area (TPSA) is 119 Å². The molecule has 0 aliphatic heterocycles. The minimum absolute atomic E-state index is 0.133. The van der Waals surface area contributed by atoms with Crippen LogP contribution in [0, 0.1) is 0 Å². The van der Waals surface area contributed by atoms with Crippen LogP contribution < -0.4 is 5.73 Å². The number of hydrogen-bond acceptors (Lipinski definition) is 4. The highest BCUT2D eigenvalue weighted by Crippen LogP contribution is 2.16. The smallest absolute Gasteiger partial charge is 0.323 e. The number of rotatable bonds is 7. The van der Waals surface area contributed by atoms with E-state index in [0.29, 0.717) is 6.54 Å². The zero-order valence-electron chi connectivity index (χ0n) is 12.4. The lowest BCUT2D eigenvalue weighted by Crippen LogP contribution is -2.42. The van der Waals surface area contributed by atoms with Gasteiger partial charge in [0.1, 0.15) is 18.8 Å². The molecule has 0 saturated heterocycles. The van der Waals surface area contributed by atoms with Gasteiger partial charge >= 0.3 is 5.97 Å². The Morgan fingerprint density at radius 2 is 2.00 bits per heavy atom. The van der Waals surface area contributed by atoms with Crippen LogP contribution in [-0.2, 0) is 16.1 Å². The van der Waals surface area contributed by atoms with Gasteiger partial charge in [0.05, 0.1) is 5.69 Å². The summed E-state index contributed by atoms with van der Waals surface area (Å²) in [5, 5.41) is 13.1. The predicted molar refractivity (Wildman–Crippen MR) is 74.7 cm³/mol. The van der Waals surface area contributed by atoms with Gasteiger partial charge in [0.2, 0.25) is 5.91 Å². The molecule has 116 valence electrons. The summed E-state index contributed by atoms with van der Waals surface area (Å²) in [5.74, 6) is -2.42. The van der Waals surface area contributed by atoms with Gasteiger partial charge in [-0.25, -0.2) is 0 Å². The fourth-order valence-electron chi connectivity index (χ4n) is 1.84. The quantitative estimate of drug-likeness (QED) is 0.736. The summed E-state index contributed by atoms with van der Waals surface area (Å²) in [6.07, 6.45) is 0. The number of nitrogens with two attached hydrogens (primary N) is 1. The number of hydrogen-bond donors (Lipinski definition) is 2. The van der Waals surface area contributed by atoms with E-state index in [1.165, 1.54) is 4.68 Å². The molecule has 1 heterocycles. The number of aryl methyl sites for hydroxylation is 1. The molecule has 1 aromatic rings. The Balaban J connectivity index is 3.12. The van der Waals surface area contributed by atoms with Gasteiger partial charge in [0, 0.05) is 6.54 Å². The molecular weight excluding hydrogens is 276 g/mol. The average molecular weight is 296 g/mol. The maximum atomic E-state index is 12.4. The van der Waals surface area contributed by atoms with Gasteiger partial charge in [0.15, 0.2) is 0 Å². The Kier molecular flexibility index (Phi) is 5.45. The minimum atomic E-state index is -1.21. The van der Waals surface area contributed by atoms with Gasteiger partial charge < -0.3 is 15.7 Å². The van der Waals surface area contributed by atoms with E-state index in [1.807, 2.05) is 20.8 Å². The highest BCUT2D eigenvalue weighted by atomic mass is 16.4. The van der Waals surface area contributed by atoms with Gasteiger partial charge in [-0.1, -0.05) is 13.8 Å². The lowest BCUT2D eigenvalue weighted by atomic mass is 10.1. The maximum absolute atomic E-state index is 12.4. The molecule has 0 atom stereocenters. The lowest BCUT2D eigenvalue weighted by Gasteiger charge is -2.19. The highest BCUT2D eigenvalue weighted by Gasteiger charge is 2.24. The normalized spacial score (nSPS) is 10.7. The number of primary amides is 1. The third-order valence-electron chi connectivity index (χ3n) is 2.87. The lowest BCUT2D eigenvalue weighted by molar-refractivity contribution is -0.138. The average Bonchev–Trinajstić information content (AvgIpc) is 2.80. The van der Waals surface area contributed by atoms with Crippen molar-refractivity contribution in [2.45, 2.75) is 33.2 Å². The van der Waals surface area contributed by atoms with Crippen LogP contribution in [0.15, 0.2) is 6.07 Å². The second-order valence-electron chi connectivity index (χ2n) is 4.95. The first-order valence-electron chi connectivity index (χ1n) is 6.63. The van der Waals surface area contributed by atoms with E-state index in [2.05, 4.69) is 5.10 Å². The van der Waals surface area contributed by atoms with E-state index in [-0.39, 0.29) is 11.6 Å². The number of aliphatic carboxylic acids is 1. The molecule has 0 spiro atoms. The minimum Gasteiger partial charge on any atom is -0.480 e. The first kappa shape index (κ1) is 16.7. The molecule has 1 aromatic heterocycles. The predicted octanol–water partition coefficient (Wildman–Crippen LogP) is 0.0385. The Morgan fingerprint density at radius 1 is 1.38 bits per heavy atom. The maximum Gasteiger partial charge on any atom is 0.323 e. The molecule has 0 saturated carbocycles. The summed E-state index contributed by atoms with van der Waals surface area (Å²) in [7, 11) is 0. The first-order valence-corrected chi connectivity index (χ1v) is 6.63. The molecule has 8 nitrogen and oxygen atoms in total. The molecule has 0 unspecified atom stereocenters. The third kappa shape index (κ3) is 4.30. The largest absolute Gasteiger partial charge is 0.480 e. The van der Waals surface area contributed by atoms with Gasteiger partial charge in [-0.3, -0.25) is 19.1 Å². The highest BCUT2D eigenvalue weighted by molar-refractivity contribution is 5.96. The van der Waals surface area contributed by atoms with Crippen LogP contribution >= 0.6 is 0 Å². The van der Waals surface area contributed by atoms with Gasteiger partial charge in [-0.15, -0.1) is 0 Å². The molecule has 0 bridgehead atoms. The van der Waals surface area contributed by atoms with Crippen molar-refractivity contribution in [3.63, 3.8) is 0 Å². The molecule has 8 heteroatoms. The Morgan fingerprint density at radius 3 is 2.43 bits per heavy atom. The SMILES string of the molecule is CCn1nc(C(C)C)cc1C(=O)N(CC(N)=O)CC(=O)O. The fourth-order valence-corrected chi connectivity index (χ4v) is 1.84. The van der Waals surface area contributed by atoms with Crippen LogP contribution in [0.25, 0.3) is 0 Å². The van der Waals surface area contributed by atoms with Gasteiger partial charge in [-0.2, -0.15) is 5.10 Å². The summed E-state index contributed by atoms with van der Waals surface area (Å²) >= 11 is 0. The number of carbonyl (C=O) groups is 3. The molecule has 21 heavy (non-hydrogen) atoms. The number of aromatic nitrogens is 2. The summed E-state index contributed by atoms with van der Waals surface area (Å²) < 4.78 is 1.49. The van der Waals surface area contributed by atoms with Crippen molar-refractivity contribution in [1.82, 2.24) is 14.7 Å². The zero-order chi connectivity index (χ0) is 16.2. The summed E-state index contributed by atoms with van der Waals surface area (Å²) in [5.41, 5.74) is 6.05. The fraction of sp³-hybridized carbons (Fsp3) is 0.538. The van der Waals surface area contributed by atoms with Crippen molar-refractivity contribution in [3.05, 3.63) is 17.5 Å². The first-order chi connectivity index (χ1) is 9.76. The molecule has 0 fully saturated rings. The van der Waals surface area contributed by atoms with E-state index in [0.717, 1.165) is 10.6 Å². The Hall–Kier alpha value is -2.38. The second-order valence-corrected chi connectivity index (χ2v) is 4.95. The number of amides is 2. The molecule has 2 amide bonds. The Bertz CT molecular complexity index is 534. The van der Waals surface area contributed by atoms with E-state index in [1.54, 1.807) is 6.07 Å². The zero-order valence-corrected chi connectivity index (χ0v) is 12.4. The molecule has 1 rings (SSSR count). The summed E-state index contributed by atoms with van der Waals surface area (Å²) in [6, 6.07) is 1.62. The number of nitrogens with zero attached hydrogens (tertiary/aromatic N) is 3. The molecule has 0 aliphatic rings. The monoisotopic (exact) mass is 296 g/mol. The Labute approximate surface area is 122 Å². The molecule has 3 N–H and O–H groups in total. The third-order valence-corrected chi connectivity index (χ3v) is 2.87. The summed E-state index contributed by atoms with van der Waals surface area (Å²) in [4.78, 5) is 35.2. The van der Waals surface area contributed by atoms with Crippen LogP contribution in [-0.4, -0.2) is 50.7 Å². The standard InChI is InChI=1S/C13H20N4O4/c1-4-17-10(5-9(15-17)8(2)3)13(21)16(6-11(14)18)7-12(19)20/h5,8H,4,6-7H2,1-3H3,(H2,14,18)(H,19,20). The van der Waals surface area contributed by atoms with E-state index >= 15 is 0 Å². The number of carboxylic acid groups (broad SMARTS) is 1. The second kappa shape index (κ2) is 6.87. The van der Waals surface area contributed by atoms with E-state index in [9.17, 15) is 14.4 Å². The van der Waals surface area contributed by atoms with Crippen LogP contribution in [0.3, 0.4) is 0 Å². The van der Waals surface area contributed by atoms with E-state index in [4.69, 9.17) is 10.8 Å². The van der Waals surface area contributed by atoms with Crippen LogP contribution in [0.4, 0.5) is 0 Å². The van der Waals surface area contributed by atoms with Gasteiger partial charge in [0.25, 0.3) is 5.91 Å². The molecule has 0 aromatic carbocycles. The molecule has 0 aliphatic carbocycles. The van der Waals surface area contributed by atoms with Crippen LogP contribution in [0.5, 0.6) is 0 Å². The molecule has 0 radical (unpaired) electrons. The number of carboxylic acids is 1. The van der Waals surface area contributed by atoms with Crippen molar-refractivity contribution in [2.75, 3.05) is 13.1 Å². The summed E-state index contributed by atoms with van der Waals surface area (Å²) in [6.45, 7) is 5.13. The van der Waals surface area contributed by atoms with E-state index < -0.39 is 30.9 Å². The van der Waals surface area contributed by atoms with Crippen molar-refractivity contribution >= 4 is 17.8 Å². The van der Waals surface area contributed by atoms with Crippen molar-refractivity contribution in [2.24, 2.45) is 5.73 Å². The van der Waals surface area contributed by atoms with Crippen molar-refractivity contribution in [1.29, 1.82) is 0 Å². The van der Waals surface area contributed by atoms with Crippen LogP contribution in [0.1, 0.15) is 42.9 Å². The van der Waals surface area contributed by atoms with Crippen molar-refractivity contribution in [3.8, 4) is 0 Å². The van der Waals surface area contributed by atoms with Crippen LogP contribution in [0.2, 0.25) is 0 Å². The van der Waals surface area contributed by atoms with Crippen molar-refractivity contribution < 1.29 is 19.5 Å². The molecular formula is C13H20N4O4. The number of carbonyl (C=O) groups excluding carboxylic acids is 2.